The number of hydrogen-bond donors (Lipinski definition) is 1. The highest BCUT2D eigenvalue weighted by Gasteiger charge is 2.19. The Balaban J connectivity index is 1.55. The van der Waals surface area contributed by atoms with Gasteiger partial charge in [-0.3, -0.25) is 4.90 Å². The van der Waals surface area contributed by atoms with Crippen LogP contribution >= 0.6 is 0 Å². The molecule has 0 radical (unpaired) electrons. The monoisotopic (exact) mass is 326 g/mol. The molecule has 1 saturated heterocycles. The van der Waals surface area contributed by atoms with Crippen molar-refractivity contribution >= 4 is 11.8 Å². The molecule has 0 aliphatic carbocycles. The number of piperazine rings is 1. The van der Waals surface area contributed by atoms with Crippen LogP contribution in [0.3, 0.4) is 0 Å². The fourth-order valence-electron chi connectivity index (χ4n) is 2.80. The quantitative estimate of drug-likeness (QED) is 0.880. The molecule has 1 fully saturated rings. The molecule has 6 nitrogen and oxygen atoms in total. The van der Waals surface area contributed by atoms with Gasteiger partial charge in [-0.05, 0) is 18.9 Å². The lowest BCUT2D eigenvalue weighted by Gasteiger charge is -2.34. The van der Waals surface area contributed by atoms with Crippen molar-refractivity contribution in [3.8, 4) is 0 Å². The average molecular weight is 326 g/mol. The SMILES string of the molecule is CCC(C)Nc1cnnc(N2CCN(Cc3ccccc3)CC2)n1. The van der Waals surface area contributed by atoms with Crippen LogP contribution in [0.2, 0.25) is 0 Å². The molecule has 6 heteroatoms. The zero-order valence-corrected chi connectivity index (χ0v) is 14.5. The Kier molecular flexibility index (Phi) is 5.59. The fraction of sp³-hybridized carbons (Fsp3) is 0.500. The topological polar surface area (TPSA) is 57.2 Å². The molecular formula is C18H26N6. The number of benzene rings is 1. The van der Waals surface area contributed by atoms with Gasteiger partial charge in [-0.15, -0.1) is 5.10 Å². The Hall–Kier alpha value is -2.21. The highest BCUT2D eigenvalue weighted by Crippen LogP contribution is 2.14. The Morgan fingerprint density at radius 2 is 1.88 bits per heavy atom. The van der Waals surface area contributed by atoms with E-state index in [1.807, 2.05) is 0 Å². The second-order valence-corrected chi connectivity index (χ2v) is 6.34. The van der Waals surface area contributed by atoms with Crippen molar-refractivity contribution < 1.29 is 0 Å². The van der Waals surface area contributed by atoms with Crippen LogP contribution in [0.1, 0.15) is 25.8 Å². The molecule has 0 amide bonds. The van der Waals surface area contributed by atoms with Gasteiger partial charge in [-0.1, -0.05) is 37.3 Å². The maximum absolute atomic E-state index is 4.62. The van der Waals surface area contributed by atoms with Crippen molar-refractivity contribution in [3.63, 3.8) is 0 Å². The van der Waals surface area contributed by atoms with Crippen molar-refractivity contribution in [1.82, 2.24) is 20.1 Å². The van der Waals surface area contributed by atoms with Crippen molar-refractivity contribution in [2.75, 3.05) is 36.4 Å². The normalized spacial score (nSPS) is 16.8. The van der Waals surface area contributed by atoms with E-state index in [0.717, 1.165) is 50.9 Å². The van der Waals surface area contributed by atoms with Crippen LogP contribution in [-0.4, -0.2) is 52.3 Å². The summed E-state index contributed by atoms with van der Waals surface area (Å²) in [4.78, 5) is 9.31. The van der Waals surface area contributed by atoms with Crippen LogP contribution in [0, 0.1) is 0 Å². The molecule has 1 aromatic heterocycles. The first-order valence-corrected chi connectivity index (χ1v) is 8.72. The Labute approximate surface area is 143 Å². The van der Waals surface area contributed by atoms with Crippen molar-refractivity contribution in [2.45, 2.75) is 32.9 Å². The zero-order chi connectivity index (χ0) is 16.8. The van der Waals surface area contributed by atoms with E-state index in [0.29, 0.717) is 6.04 Å². The van der Waals surface area contributed by atoms with Crippen LogP contribution in [0.15, 0.2) is 36.5 Å². The van der Waals surface area contributed by atoms with E-state index < -0.39 is 0 Å². The summed E-state index contributed by atoms with van der Waals surface area (Å²) in [6.45, 7) is 9.19. The zero-order valence-electron chi connectivity index (χ0n) is 14.5. The van der Waals surface area contributed by atoms with Gasteiger partial charge in [-0.25, -0.2) is 0 Å². The predicted molar refractivity (Wildman–Crippen MR) is 97.1 cm³/mol. The Bertz CT molecular complexity index is 624. The first kappa shape index (κ1) is 16.6. The minimum atomic E-state index is 0.386. The van der Waals surface area contributed by atoms with Crippen LogP contribution < -0.4 is 10.2 Å². The first-order valence-electron chi connectivity index (χ1n) is 8.72. The molecule has 128 valence electrons. The lowest BCUT2D eigenvalue weighted by molar-refractivity contribution is 0.248. The number of aromatic nitrogens is 3. The van der Waals surface area contributed by atoms with E-state index in [9.17, 15) is 0 Å². The van der Waals surface area contributed by atoms with Gasteiger partial charge < -0.3 is 10.2 Å². The summed E-state index contributed by atoms with van der Waals surface area (Å²) >= 11 is 0. The van der Waals surface area contributed by atoms with Crippen molar-refractivity contribution in [1.29, 1.82) is 0 Å². The lowest BCUT2D eigenvalue weighted by atomic mass is 10.2. The fourth-order valence-corrected chi connectivity index (χ4v) is 2.80. The summed E-state index contributed by atoms with van der Waals surface area (Å²) in [7, 11) is 0. The van der Waals surface area contributed by atoms with E-state index in [1.165, 1.54) is 5.56 Å². The molecule has 1 aromatic carbocycles. The second-order valence-electron chi connectivity index (χ2n) is 6.34. The minimum Gasteiger partial charge on any atom is -0.366 e. The average Bonchev–Trinajstić information content (AvgIpc) is 2.63. The minimum absolute atomic E-state index is 0.386. The summed E-state index contributed by atoms with van der Waals surface area (Å²) in [5.74, 6) is 1.53. The van der Waals surface area contributed by atoms with Crippen LogP contribution in [0.5, 0.6) is 0 Å². The largest absolute Gasteiger partial charge is 0.366 e. The molecule has 1 atom stereocenters. The summed E-state index contributed by atoms with van der Waals surface area (Å²) in [5, 5.41) is 11.7. The van der Waals surface area contributed by atoms with E-state index >= 15 is 0 Å². The van der Waals surface area contributed by atoms with Crippen LogP contribution in [0.4, 0.5) is 11.8 Å². The van der Waals surface area contributed by atoms with E-state index in [2.05, 4.69) is 74.5 Å². The predicted octanol–water partition coefficient (Wildman–Crippen LogP) is 2.40. The van der Waals surface area contributed by atoms with E-state index in [1.54, 1.807) is 6.20 Å². The summed E-state index contributed by atoms with van der Waals surface area (Å²) < 4.78 is 0. The Morgan fingerprint density at radius 1 is 1.12 bits per heavy atom. The highest BCUT2D eigenvalue weighted by molar-refractivity contribution is 5.39. The van der Waals surface area contributed by atoms with E-state index in [4.69, 9.17) is 0 Å². The molecule has 0 bridgehead atoms. The molecule has 2 aromatic rings. The molecule has 24 heavy (non-hydrogen) atoms. The Morgan fingerprint density at radius 3 is 2.58 bits per heavy atom. The van der Waals surface area contributed by atoms with Crippen LogP contribution in [-0.2, 0) is 6.54 Å². The van der Waals surface area contributed by atoms with Crippen LogP contribution in [0.25, 0.3) is 0 Å². The molecule has 1 aliphatic rings. The number of hydrogen-bond acceptors (Lipinski definition) is 6. The summed E-state index contributed by atoms with van der Waals surface area (Å²) in [5.41, 5.74) is 1.36. The molecule has 1 N–H and O–H groups in total. The number of rotatable bonds is 6. The van der Waals surface area contributed by atoms with Gasteiger partial charge >= 0.3 is 0 Å². The van der Waals surface area contributed by atoms with Crippen molar-refractivity contribution in [2.24, 2.45) is 0 Å². The van der Waals surface area contributed by atoms with Gasteiger partial charge in [0.1, 0.15) is 0 Å². The maximum Gasteiger partial charge on any atom is 0.247 e. The first-order chi connectivity index (χ1) is 11.7. The molecule has 0 spiro atoms. The molecule has 3 rings (SSSR count). The highest BCUT2D eigenvalue weighted by atomic mass is 15.4. The lowest BCUT2D eigenvalue weighted by Crippen LogP contribution is -2.46. The summed E-state index contributed by atoms with van der Waals surface area (Å²) in [6.07, 6.45) is 2.75. The third kappa shape index (κ3) is 4.41. The molecular weight excluding hydrogens is 300 g/mol. The number of nitrogens with one attached hydrogen (secondary N) is 1. The standard InChI is InChI=1S/C18H26N6/c1-3-15(2)20-17-13-19-22-18(21-17)24-11-9-23(10-12-24)14-16-7-5-4-6-8-16/h4-8,13,15H,3,9-12,14H2,1-2H3,(H,20,21,22). The third-order valence-corrected chi connectivity index (χ3v) is 4.46. The molecule has 0 saturated carbocycles. The number of nitrogens with zero attached hydrogens (tertiary/aromatic N) is 5. The van der Waals surface area contributed by atoms with Gasteiger partial charge in [0, 0.05) is 38.8 Å². The van der Waals surface area contributed by atoms with Gasteiger partial charge in [0.05, 0.1) is 6.20 Å². The third-order valence-electron chi connectivity index (χ3n) is 4.46. The molecule has 2 heterocycles. The van der Waals surface area contributed by atoms with Gasteiger partial charge in [0.15, 0.2) is 5.82 Å². The number of anilines is 2. The smallest absolute Gasteiger partial charge is 0.247 e. The summed E-state index contributed by atoms with van der Waals surface area (Å²) in [6, 6.07) is 11.0. The molecule has 1 unspecified atom stereocenters. The van der Waals surface area contributed by atoms with Gasteiger partial charge in [0.25, 0.3) is 0 Å². The molecule has 1 aliphatic heterocycles. The van der Waals surface area contributed by atoms with Gasteiger partial charge in [0.2, 0.25) is 5.95 Å². The second kappa shape index (κ2) is 8.06. The maximum atomic E-state index is 4.62. The van der Waals surface area contributed by atoms with Gasteiger partial charge in [-0.2, -0.15) is 10.1 Å². The van der Waals surface area contributed by atoms with Crippen molar-refractivity contribution in [3.05, 3.63) is 42.1 Å². The van der Waals surface area contributed by atoms with E-state index in [-0.39, 0.29) is 0 Å².